The molecule has 8 nitrogen and oxygen atoms in total. The molecule has 34 heavy (non-hydrogen) atoms. The van der Waals surface area contributed by atoms with Gasteiger partial charge in [-0.2, -0.15) is 0 Å². The molecule has 0 saturated heterocycles. The monoisotopic (exact) mass is 482 g/mol. The van der Waals surface area contributed by atoms with Gasteiger partial charge in [0.05, 0.1) is 23.3 Å². The van der Waals surface area contributed by atoms with Crippen LogP contribution in [0.3, 0.4) is 0 Å². The molecule has 0 atom stereocenters. The lowest BCUT2D eigenvalue weighted by atomic mass is 10.2. The van der Waals surface area contributed by atoms with E-state index in [0.29, 0.717) is 11.3 Å². The third kappa shape index (κ3) is 6.35. The van der Waals surface area contributed by atoms with Crippen molar-refractivity contribution in [1.82, 2.24) is 5.32 Å². The number of aryl methyl sites for hydroxylation is 2. The summed E-state index contributed by atoms with van der Waals surface area (Å²) in [6.45, 7) is 3.24. The summed E-state index contributed by atoms with van der Waals surface area (Å²) in [7, 11) is -2.38. The number of methoxy groups -OCH3 is 1. The zero-order chi connectivity index (χ0) is 24.7. The zero-order valence-electron chi connectivity index (χ0n) is 19.1. The van der Waals surface area contributed by atoms with Gasteiger partial charge in [-0.05, 0) is 60.9 Å². The molecule has 0 heterocycles. The summed E-state index contributed by atoms with van der Waals surface area (Å²) in [5, 5.41) is 2.66. The van der Waals surface area contributed by atoms with Crippen molar-refractivity contribution >= 4 is 27.6 Å². The first-order valence-electron chi connectivity index (χ1n) is 10.5. The fraction of sp³-hybridized carbons (Fsp3) is 0.200. The second kappa shape index (κ2) is 10.8. The Morgan fingerprint density at radius 3 is 2.35 bits per heavy atom. The van der Waals surface area contributed by atoms with Crippen LogP contribution >= 0.6 is 0 Å². The van der Waals surface area contributed by atoms with Gasteiger partial charge in [0.1, 0.15) is 5.75 Å². The van der Waals surface area contributed by atoms with E-state index in [1.165, 1.54) is 12.1 Å². The molecule has 3 aromatic rings. The summed E-state index contributed by atoms with van der Waals surface area (Å²) in [5.41, 5.74) is 2.28. The average Bonchev–Trinajstić information content (AvgIpc) is 2.83. The fourth-order valence-corrected chi connectivity index (χ4v) is 4.56. The van der Waals surface area contributed by atoms with Crippen molar-refractivity contribution < 1.29 is 27.5 Å². The topological polar surface area (TPSA) is 111 Å². The average molecular weight is 483 g/mol. The molecule has 0 fully saturated rings. The van der Waals surface area contributed by atoms with Gasteiger partial charge in [0, 0.05) is 6.54 Å². The summed E-state index contributed by atoms with van der Waals surface area (Å²) in [4.78, 5) is 24.8. The Bertz CT molecular complexity index is 1290. The standard InChI is InChI=1S/C25H26N2O6S/c1-17-8-9-18(2)23(14-17)34(30,31)27-22-7-5-4-6-21(22)25(29)33-16-24(28)26-15-19-10-12-20(32-3)13-11-19/h4-14,27H,15-16H2,1-3H3,(H,26,28). The van der Waals surface area contributed by atoms with Gasteiger partial charge in [-0.15, -0.1) is 0 Å². The van der Waals surface area contributed by atoms with Crippen LogP contribution in [0.2, 0.25) is 0 Å². The minimum atomic E-state index is -3.94. The van der Waals surface area contributed by atoms with E-state index in [-0.39, 0.29) is 22.7 Å². The number of rotatable bonds is 9. The molecular formula is C25H26N2O6S. The van der Waals surface area contributed by atoms with Crippen LogP contribution < -0.4 is 14.8 Å². The van der Waals surface area contributed by atoms with E-state index in [0.717, 1.165) is 11.1 Å². The van der Waals surface area contributed by atoms with Crippen molar-refractivity contribution in [2.45, 2.75) is 25.3 Å². The highest BCUT2D eigenvalue weighted by Gasteiger charge is 2.21. The number of esters is 1. The first kappa shape index (κ1) is 24.8. The minimum Gasteiger partial charge on any atom is -0.497 e. The largest absolute Gasteiger partial charge is 0.497 e. The van der Waals surface area contributed by atoms with Crippen LogP contribution in [0.25, 0.3) is 0 Å². The Morgan fingerprint density at radius 1 is 0.941 bits per heavy atom. The highest BCUT2D eigenvalue weighted by atomic mass is 32.2. The van der Waals surface area contributed by atoms with Crippen LogP contribution in [0.4, 0.5) is 5.69 Å². The molecular weight excluding hydrogens is 456 g/mol. The maximum atomic E-state index is 12.9. The van der Waals surface area contributed by atoms with Gasteiger partial charge >= 0.3 is 5.97 Å². The number of carbonyl (C=O) groups is 2. The van der Waals surface area contributed by atoms with Crippen molar-refractivity contribution in [2.24, 2.45) is 0 Å². The summed E-state index contributed by atoms with van der Waals surface area (Å²) >= 11 is 0. The predicted molar refractivity (Wildman–Crippen MR) is 128 cm³/mol. The summed E-state index contributed by atoms with van der Waals surface area (Å²) in [6, 6.07) is 18.3. The number of hydrogen-bond acceptors (Lipinski definition) is 6. The number of sulfonamides is 1. The van der Waals surface area contributed by atoms with Gasteiger partial charge in [0.15, 0.2) is 6.61 Å². The molecule has 0 aliphatic heterocycles. The lowest BCUT2D eigenvalue weighted by molar-refractivity contribution is -0.124. The number of anilines is 1. The Balaban J connectivity index is 1.63. The van der Waals surface area contributed by atoms with Gasteiger partial charge in [-0.1, -0.05) is 36.4 Å². The second-order valence-electron chi connectivity index (χ2n) is 7.62. The van der Waals surface area contributed by atoms with Gasteiger partial charge in [0.2, 0.25) is 0 Å². The lowest BCUT2D eigenvalue weighted by Gasteiger charge is -2.14. The SMILES string of the molecule is COc1ccc(CNC(=O)COC(=O)c2ccccc2NS(=O)(=O)c2cc(C)ccc2C)cc1. The van der Waals surface area contributed by atoms with Crippen LogP contribution in [0.15, 0.2) is 71.6 Å². The maximum absolute atomic E-state index is 12.9. The number of nitrogens with one attached hydrogen (secondary N) is 2. The predicted octanol–water partition coefficient (Wildman–Crippen LogP) is 3.59. The normalized spacial score (nSPS) is 10.9. The van der Waals surface area contributed by atoms with Crippen molar-refractivity contribution in [3.63, 3.8) is 0 Å². The van der Waals surface area contributed by atoms with Crippen LogP contribution in [0, 0.1) is 13.8 Å². The Kier molecular flexibility index (Phi) is 7.91. The van der Waals surface area contributed by atoms with E-state index in [1.807, 2.05) is 18.2 Å². The minimum absolute atomic E-state index is 0.000615. The summed E-state index contributed by atoms with van der Waals surface area (Å²) < 4.78 is 38.5. The quantitative estimate of drug-likeness (QED) is 0.451. The molecule has 0 saturated carbocycles. The fourth-order valence-electron chi connectivity index (χ4n) is 3.15. The molecule has 2 N–H and O–H groups in total. The van der Waals surface area contributed by atoms with Crippen LogP contribution in [0.1, 0.15) is 27.0 Å². The highest BCUT2D eigenvalue weighted by molar-refractivity contribution is 7.92. The Labute approximate surface area is 199 Å². The number of benzene rings is 3. The third-order valence-corrected chi connectivity index (χ3v) is 6.52. The van der Waals surface area contributed by atoms with E-state index in [1.54, 1.807) is 57.4 Å². The second-order valence-corrected chi connectivity index (χ2v) is 9.27. The van der Waals surface area contributed by atoms with Crippen molar-refractivity contribution in [2.75, 3.05) is 18.4 Å². The van der Waals surface area contributed by atoms with Gasteiger partial charge < -0.3 is 14.8 Å². The van der Waals surface area contributed by atoms with Gasteiger partial charge in [0.25, 0.3) is 15.9 Å². The molecule has 178 valence electrons. The number of hydrogen-bond donors (Lipinski definition) is 2. The number of para-hydroxylation sites is 1. The number of ether oxygens (including phenoxy) is 2. The number of amides is 1. The smallest absolute Gasteiger partial charge is 0.340 e. The van der Waals surface area contributed by atoms with Gasteiger partial charge in [-0.3, -0.25) is 9.52 Å². The molecule has 3 rings (SSSR count). The van der Waals surface area contributed by atoms with Crippen molar-refractivity contribution in [3.8, 4) is 5.75 Å². The van der Waals surface area contributed by atoms with E-state index in [9.17, 15) is 18.0 Å². The molecule has 0 aliphatic rings. The van der Waals surface area contributed by atoms with Gasteiger partial charge in [-0.25, -0.2) is 13.2 Å². The number of carbonyl (C=O) groups excluding carboxylic acids is 2. The first-order valence-corrected chi connectivity index (χ1v) is 11.9. The summed E-state index contributed by atoms with van der Waals surface area (Å²) in [6.07, 6.45) is 0. The van der Waals surface area contributed by atoms with E-state index in [4.69, 9.17) is 9.47 Å². The van der Waals surface area contributed by atoms with E-state index in [2.05, 4.69) is 10.0 Å². The maximum Gasteiger partial charge on any atom is 0.340 e. The third-order valence-electron chi connectivity index (χ3n) is 5.01. The first-order chi connectivity index (χ1) is 16.2. The van der Waals surface area contributed by atoms with E-state index < -0.39 is 28.5 Å². The van der Waals surface area contributed by atoms with Crippen LogP contribution in [0.5, 0.6) is 5.75 Å². The Hall–Kier alpha value is -3.85. The van der Waals surface area contributed by atoms with Crippen molar-refractivity contribution in [1.29, 1.82) is 0 Å². The molecule has 0 radical (unpaired) electrons. The lowest BCUT2D eigenvalue weighted by Crippen LogP contribution is -2.28. The summed E-state index contributed by atoms with van der Waals surface area (Å²) in [5.74, 6) is -0.604. The molecule has 0 unspecified atom stereocenters. The molecule has 0 aromatic heterocycles. The van der Waals surface area contributed by atoms with Crippen LogP contribution in [-0.2, 0) is 26.1 Å². The van der Waals surface area contributed by atoms with Crippen LogP contribution in [-0.4, -0.2) is 34.0 Å². The molecule has 1 amide bonds. The molecule has 0 bridgehead atoms. The molecule has 9 heteroatoms. The zero-order valence-corrected chi connectivity index (χ0v) is 19.9. The molecule has 0 spiro atoms. The van der Waals surface area contributed by atoms with Crippen molar-refractivity contribution in [3.05, 3.63) is 89.0 Å². The highest BCUT2D eigenvalue weighted by Crippen LogP contribution is 2.23. The van der Waals surface area contributed by atoms with E-state index >= 15 is 0 Å². The molecule has 0 aliphatic carbocycles. The Morgan fingerprint density at radius 2 is 1.65 bits per heavy atom. The molecule has 3 aromatic carbocycles.